The molecule has 0 N–H and O–H groups in total. The van der Waals surface area contributed by atoms with Crippen LogP contribution >= 0.6 is 11.3 Å². The van der Waals surface area contributed by atoms with Crippen molar-refractivity contribution in [3.05, 3.63) is 200 Å². The second-order valence-electron chi connectivity index (χ2n) is 13.6. The zero-order valence-corrected chi connectivity index (χ0v) is 30.6. The van der Waals surface area contributed by atoms with Crippen LogP contribution in [0.5, 0.6) is 0 Å². The van der Waals surface area contributed by atoms with E-state index in [2.05, 4.69) is 188 Å². The molecule has 3 nitrogen and oxygen atoms in total. The molecule has 0 radical (unpaired) electrons. The van der Waals surface area contributed by atoms with Crippen molar-refractivity contribution in [1.29, 1.82) is 0 Å². The minimum Gasteiger partial charge on any atom is -0.208 e. The normalized spacial score (nSPS) is 11.3. The number of thiophene rings is 1. The zero-order valence-electron chi connectivity index (χ0n) is 29.8. The van der Waals surface area contributed by atoms with E-state index in [0.29, 0.717) is 17.5 Å². The third kappa shape index (κ3) is 6.19. The van der Waals surface area contributed by atoms with Gasteiger partial charge >= 0.3 is 0 Å². The lowest BCUT2D eigenvalue weighted by atomic mass is 9.96. The summed E-state index contributed by atoms with van der Waals surface area (Å²) in [4.78, 5) is 15.6. The first-order chi connectivity index (χ1) is 27.3. The van der Waals surface area contributed by atoms with Gasteiger partial charge in [0.15, 0.2) is 17.5 Å². The minimum absolute atomic E-state index is 0.628. The second-order valence-corrected chi connectivity index (χ2v) is 14.6. The Morgan fingerprint density at radius 1 is 0.255 bits per heavy atom. The molecule has 55 heavy (non-hydrogen) atoms. The lowest BCUT2D eigenvalue weighted by Crippen LogP contribution is -2.02. The molecule has 0 spiro atoms. The van der Waals surface area contributed by atoms with E-state index < -0.39 is 0 Å². The van der Waals surface area contributed by atoms with Gasteiger partial charge in [-0.05, 0) is 50.6 Å². The highest BCUT2D eigenvalue weighted by Gasteiger charge is 2.18. The van der Waals surface area contributed by atoms with Crippen LogP contribution in [0.3, 0.4) is 0 Å². The van der Waals surface area contributed by atoms with Crippen molar-refractivity contribution >= 4 is 31.5 Å². The molecular formula is C51H33N3S. The molecule has 2 aromatic heterocycles. The maximum absolute atomic E-state index is 5.24. The Kier molecular flexibility index (Phi) is 8.36. The van der Waals surface area contributed by atoms with Gasteiger partial charge in [-0.15, -0.1) is 11.3 Å². The van der Waals surface area contributed by atoms with Crippen molar-refractivity contribution in [2.45, 2.75) is 0 Å². The van der Waals surface area contributed by atoms with E-state index in [1.807, 2.05) is 23.5 Å². The van der Waals surface area contributed by atoms with Gasteiger partial charge in [0.25, 0.3) is 0 Å². The monoisotopic (exact) mass is 719 g/mol. The summed E-state index contributed by atoms with van der Waals surface area (Å²) in [5.41, 5.74) is 11.9. The molecule has 0 amide bonds. The van der Waals surface area contributed by atoms with Crippen molar-refractivity contribution in [3.8, 4) is 78.7 Å². The molecule has 258 valence electrons. The molecule has 0 atom stereocenters. The van der Waals surface area contributed by atoms with Crippen LogP contribution in [0.2, 0.25) is 0 Å². The van der Waals surface area contributed by atoms with E-state index >= 15 is 0 Å². The van der Waals surface area contributed by atoms with Crippen LogP contribution in [-0.2, 0) is 0 Å². The van der Waals surface area contributed by atoms with Gasteiger partial charge in [-0.2, -0.15) is 0 Å². The highest BCUT2D eigenvalue weighted by Crippen LogP contribution is 2.41. The van der Waals surface area contributed by atoms with Crippen LogP contribution in [-0.4, -0.2) is 15.0 Å². The zero-order chi connectivity index (χ0) is 36.6. The predicted molar refractivity (Wildman–Crippen MR) is 231 cm³/mol. The predicted octanol–water partition coefficient (Wildman–Crippen LogP) is 13.9. The van der Waals surface area contributed by atoms with Gasteiger partial charge in [0.1, 0.15) is 0 Å². The first-order valence-electron chi connectivity index (χ1n) is 18.4. The van der Waals surface area contributed by atoms with Crippen LogP contribution in [0.4, 0.5) is 0 Å². The SMILES string of the molecule is c1ccc(-c2ccc(-c3ccccc3-c3nc(-c4ccc(-c5cccc6c5sc5ccccc56)cc4)nc(-c4ccccc4-c4ccccc4)n3)cc2)cc1. The molecule has 0 aliphatic rings. The van der Waals surface area contributed by atoms with Crippen LogP contribution in [0.15, 0.2) is 200 Å². The highest BCUT2D eigenvalue weighted by molar-refractivity contribution is 7.26. The number of nitrogens with zero attached hydrogens (tertiary/aromatic N) is 3. The highest BCUT2D eigenvalue weighted by atomic mass is 32.1. The van der Waals surface area contributed by atoms with Crippen LogP contribution < -0.4 is 0 Å². The topological polar surface area (TPSA) is 38.7 Å². The molecule has 10 aromatic rings. The maximum Gasteiger partial charge on any atom is 0.164 e. The summed E-state index contributed by atoms with van der Waals surface area (Å²) < 4.78 is 2.60. The quantitative estimate of drug-likeness (QED) is 0.165. The van der Waals surface area contributed by atoms with Crippen molar-refractivity contribution in [1.82, 2.24) is 15.0 Å². The van der Waals surface area contributed by atoms with Gasteiger partial charge in [-0.3, -0.25) is 0 Å². The Balaban J connectivity index is 1.11. The molecule has 0 aliphatic heterocycles. The van der Waals surface area contributed by atoms with E-state index in [4.69, 9.17) is 15.0 Å². The number of rotatable bonds is 7. The molecule has 8 aromatic carbocycles. The van der Waals surface area contributed by atoms with Gasteiger partial charge in [0.2, 0.25) is 0 Å². The van der Waals surface area contributed by atoms with Crippen LogP contribution in [0.25, 0.3) is 98.8 Å². The lowest BCUT2D eigenvalue weighted by Gasteiger charge is -2.14. The summed E-state index contributed by atoms with van der Waals surface area (Å²) >= 11 is 1.85. The largest absolute Gasteiger partial charge is 0.208 e. The Hall–Kier alpha value is -7.01. The Bertz CT molecular complexity index is 2950. The molecular weight excluding hydrogens is 687 g/mol. The molecule has 0 saturated carbocycles. The van der Waals surface area contributed by atoms with E-state index in [1.165, 1.54) is 36.9 Å². The van der Waals surface area contributed by atoms with Crippen LogP contribution in [0, 0.1) is 0 Å². The molecule has 4 heteroatoms. The number of fused-ring (bicyclic) bond motifs is 3. The number of aromatic nitrogens is 3. The summed E-state index contributed by atoms with van der Waals surface area (Å²) in [7, 11) is 0. The first kappa shape index (κ1) is 32.6. The summed E-state index contributed by atoms with van der Waals surface area (Å²) in [6.07, 6.45) is 0. The third-order valence-corrected chi connectivity index (χ3v) is 11.4. The third-order valence-electron chi connectivity index (χ3n) is 10.2. The molecule has 0 fully saturated rings. The van der Waals surface area contributed by atoms with Gasteiger partial charge in [-0.25, -0.2) is 15.0 Å². The summed E-state index contributed by atoms with van der Waals surface area (Å²) in [6, 6.07) is 70.3. The summed E-state index contributed by atoms with van der Waals surface area (Å²) in [6.45, 7) is 0. The number of hydrogen-bond acceptors (Lipinski definition) is 4. The molecule has 0 aliphatic carbocycles. The fraction of sp³-hybridized carbons (Fsp3) is 0. The Labute approximate surface area is 323 Å². The number of hydrogen-bond donors (Lipinski definition) is 0. The van der Waals surface area contributed by atoms with Crippen molar-refractivity contribution < 1.29 is 0 Å². The first-order valence-corrected chi connectivity index (χ1v) is 19.3. The van der Waals surface area contributed by atoms with Crippen molar-refractivity contribution in [2.24, 2.45) is 0 Å². The van der Waals surface area contributed by atoms with Crippen molar-refractivity contribution in [2.75, 3.05) is 0 Å². The van der Waals surface area contributed by atoms with Gasteiger partial charge < -0.3 is 0 Å². The molecule has 0 bridgehead atoms. The average Bonchev–Trinajstić information content (AvgIpc) is 3.66. The maximum atomic E-state index is 5.24. The van der Waals surface area contributed by atoms with E-state index in [0.717, 1.165) is 44.5 Å². The van der Waals surface area contributed by atoms with Gasteiger partial charge in [-0.1, -0.05) is 194 Å². The smallest absolute Gasteiger partial charge is 0.164 e. The van der Waals surface area contributed by atoms with E-state index in [9.17, 15) is 0 Å². The fourth-order valence-electron chi connectivity index (χ4n) is 7.47. The molecule has 0 saturated heterocycles. The van der Waals surface area contributed by atoms with Gasteiger partial charge in [0, 0.05) is 36.9 Å². The summed E-state index contributed by atoms with van der Waals surface area (Å²) in [5, 5.41) is 2.59. The van der Waals surface area contributed by atoms with E-state index in [1.54, 1.807) is 0 Å². The molecule has 0 unspecified atom stereocenters. The lowest BCUT2D eigenvalue weighted by molar-refractivity contribution is 1.07. The Morgan fingerprint density at radius 3 is 1.29 bits per heavy atom. The van der Waals surface area contributed by atoms with Gasteiger partial charge in [0.05, 0.1) is 0 Å². The molecule has 2 heterocycles. The molecule has 10 rings (SSSR count). The minimum atomic E-state index is 0.628. The average molecular weight is 720 g/mol. The summed E-state index contributed by atoms with van der Waals surface area (Å²) in [5.74, 6) is 1.89. The standard InChI is InChI=1S/C51H33N3S/c1-3-14-34(15-4-1)35-26-28-37(29-27-35)41-19-8-10-22-46(41)51-53-49(52-50(54-51)45-21-9-7-18-40(45)36-16-5-2-6-17-36)39-32-30-38(31-33-39)42-23-13-24-44-43-20-11-12-25-47(43)55-48(42)44/h1-33H. The Morgan fingerprint density at radius 2 is 0.655 bits per heavy atom. The van der Waals surface area contributed by atoms with Crippen LogP contribution in [0.1, 0.15) is 0 Å². The van der Waals surface area contributed by atoms with Crippen molar-refractivity contribution in [3.63, 3.8) is 0 Å². The fourth-order valence-corrected chi connectivity index (χ4v) is 8.71. The number of benzene rings is 8. The van der Waals surface area contributed by atoms with E-state index in [-0.39, 0.29) is 0 Å². The second kappa shape index (κ2) is 14.1.